The number of hydrogen-bond donors (Lipinski definition) is 2. The number of aromatic hydroxyl groups is 1. The summed E-state index contributed by atoms with van der Waals surface area (Å²) < 4.78 is 0. The molecule has 0 heterocycles. The van der Waals surface area contributed by atoms with Gasteiger partial charge in [0.1, 0.15) is 11.8 Å². The van der Waals surface area contributed by atoms with E-state index in [0.29, 0.717) is 5.75 Å². The molecule has 0 unspecified atom stereocenters. The number of phenolic OH excluding ortho intramolecular Hbond substituents is 1. The van der Waals surface area contributed by atoms with Crippen LogP contribution in [0.3, 0.4) is 0 Å². The molecule has 1 aliphatic carbocycles. The molecule has 1 atom stereocenters. The molecule has 0 radical (unpaired) electrons. The fraction of sp³-hybridized carbons (Fsp3) is 0.619. The van der Waals surface area contributed by atoms with Crippen molar-refractivity contribution < 1.29 is 10.5 Å². The molecule has 1 fully saturated rings. The number of rotatable bonds is 2. The van der Waals surface area contributed by atoms with Gasteiger partial charge < -0.3 is 5.11 Å². The van der Waals surface area contributed by atoms with Gasteiger partial charge in [0, 0.05) is 23.8 Å². The third-order valence-corrected chi connectivity index (χ3v) is 4.83. The number of aliphatic imine (C=N–C) groups is 1. The number of nitrogens with zero attached hydrogens (tertiary/aromatic N) is 1. The first-order valence-corrected chi connectivity index (χ1v) is 9.02. The fourth-order valence-electron chi connectivity index (χ4n) is 3.12. The van der Waals surface area contributed by atoms with Crippen molar-refractivity contribution in [3.05, 3.63) is 28.8 Å². The molecular formula is C21H33N2O+. The lowest BCUT2D eigenvalue weighted by Crippen LogP contribution is -2.47. The van der Waals surface area contributed by atoms with Gasteiger partial charge in [0.2, 0.25) is 0 Å². The van der Waals surface area contributed by atoms with E-state index >= 15 is 0 Å². The monoisotopic (exact) mass is 329 g/mol. The molecule has 0 spiro atoms. The van der Waals surface area contributed by atoms with Crippen molar-refractivity contribution in [2.45, 2.75) is 84.1 Å². The quantitative estimate of drug-likeness (QED) is 0.801. The van der Waals surface area contributed by atoms with Crippen LogP contribution in [0.2, 0.25) is 0 Å². The highest BCUT2D eigenvalue weighted by molar-refractivity contribution is 5.90. The number of benzene rings is 1. The Morgan fingerprint density at radius 1 is 1.08 bits per heavy atom. The molecule has 0 amide bonds. The highest BCUT2D eigenvalue weighted by atomic mass is 16.3. The summed E-state index contributed by atoms with van der Waals surface area (Å²) in [6.45, 7) is 13.0. The van der Waals surface area contributed by atoms with Crippen molar-refractivity contribution in [2.24, 2.45) is 4.99 Å². The molecule has 3 nitrogen and oxygen atoms in total. The van der Waals surface area contributed by atoms with Gasteiger partial charge in [-0.2, -0.15) is 0 Å². The van der Waals surface area contributed by atoms with Crippen LogP contribution >= 0.6 is 0 Å². The Morgan fingerprint density at radius 2 is 1.75 bits per heavy atom. The van der Waals surface area contributed by atoms with Crippen LogP contribution in [-0.2, 0) is 10.8 Å². The van der Waals surface area contributed by atoms with Crippen molar-refractivity contribution in [1.82, 2.24) is 0 Å². The van der Waals surface area contributed by atoms with E-state index in [2.05, 4.69) is 53.7 Å². The van der Waals surface area contributed by atoms with E-state index < -0.39 is 0 Å². The maximum absolute atomic E-state index is 10.8. The molecule has 0 aliphatic heterocycles. The lowest BCUT2D eigenvalue weighted by Gasteiger charge is -2.27. The minimum absolute atomic E-state index is 0.0201. The molecule has 1 aliphatic rings. The van der Waals surface area contributed by atoms with Crippen LogP contribution in [0, 0.1) is 0 Å². The zero-order valence-electron chi connectivity index (χ0n) is 16.1. The van der Waals surface area contributed by atoms with Gasteiger partial charge in [-0.25, -0.2) is 0 Å². The second-order valence-electron chi connectivity index (χ2n) is 9.08. The number of hydrogen-bond acceptors (Lipinski definition) is 2. The summed E-state index contributed by atoms with van der Waals surface area (Å²) >= 11 is 0. The molecule has 132 valence electrons. The summed E-state index contributed by atoms with van der Waals surface area (Å²) in [7, 11) is 0. The largest absolute Gasteiger partial charge is 0.507 e. The lowest BCUT2D eigenvalue weighted by atomic mass is 9.79. The zero-order valence-corrected chi connectivity index (χ0v) is 16.1. The summed E-state index contributed by atoms with van der Waals surface area (Å²) in [4.78, 5) is 4.69. The molecule has 1 aromatic rings. The third kappa shape index (κ3) is 4.25. The average Bonchev–Trinajstić information content (AvgIpc) is 2.45. The Bertz CT molecular complexity index is 645. The Balaban J connectivity index is 2.46. The van der Waals surface area contributed by atoms with E-state index in [1.165, 1.54) is 12.0 Å². The Labute approximate surface area is 146 Å². The molecule has 24 heavy (non-hydrogen) atoms. The van der Waals surface area contributed by atoms with Gasteiger partial charge >= 0.3 is 0 Å². The summed E-state index contributed by atoms with van der Waals surface area (Å²) in [6.07, 6.45) is 6.13. The molecular weight excluding hydrogens is 296 g/mol. The molecule has 0 saturated heterocycles. The SMILES string of the molecule is CC(C)(C)c1cc(C=N[C@H]2CCCCC2=[NH2+])c(O)c(C(C)(C)C)c1. The van der Waals surface area contributed by atoms with E-state index in [1.807, 2.05) is 6.21 Å². The molecule has 2 rings (SSSR count). The van der Waals surface area contributed by atoms with Crippen molar-refractivity contribution in [3.63, 3.8) is 0 Å². The highest BCUT2D eigenvalue weighted by Crippen LogP contribution is 2.37. The van der Waals surface area contributed by atoms with Crippen molar-refractivity contribution in [2.75, 3.05) is 0 Å². The van der Waals surface area contributed by atoms with Crippen molar-refractivity contribution in [1.29, 1.82) is 0 Å². The van der Waals surface area contributed by atoms with Gasteiger partial charge in [0.25, 0.3) is 0 Å². The maximum Gasteiger partial charge on any atom is 0.173 e. The van der Waals surface area contributed by atoms with Crippen LogP contribution < -0.4 is 5.41 Å². The average molecular weight is 330 g/mol. The third-order valence-electron chi connectivity index (χ3n) is 4.83. The number of nitrogens with two attached hydrogens (primary N) is 1. The van der Waals surface area contributed by atoms with Gasteiger partial charge in [0.15, 0.2) is 5.71 Å². The number of phenols is 1. The molecule has 3 N–H and O–H groups in total. The van der Waals surface area contributed by atoms with Gasteiger partial charge in [-0.1, -0.05) is 54.0 Å². The van der Waals surface area contributed by atoms with E-state index in [-0.39, 0.29) is 16.9 Å². The van der Waals surface area contributed by atoms with E-state index in [1.54, 1.807) is 0 Å². The summed E-state index contributed by atoms with van der Waals surface area (Å²) in [5.74, 6) is 0.341. The van der Waals surface area contributed by atoms with Crippen LogP contribution in [0.25, 0.3) is 0 Å². The fourth-order valence-corrected chi connectivity index (χ4v) is 3.12. The van der Waals surface area contributed by atoms with E-state index in [0.717, 1.165) is 36.1 Å². The predicted octanol–water partition coefficient (Wildman–Crippen LogP) is 3.55. The van der Waals surface area contributed by atoms with Gasteiger partial charge in [-0.3, -0.25) is 10.4 Å². The van der Waals surface area contributed by atoms with Gasteiger partial charge in [-0.05, 0) is 35.3 Å². The Hall–Kier alpha value is -1.64. The first-order chi connectivity index (χ1) is 11.0. The first-order valence-electron chi connectivity index (χ1n) is 9.02. The van der Waals surface area contributed by atoms with Crippen molar-refractivity contribution in [3.8, 4) is 5.75 Å². The minimum Gasteiger partial charge on any atom is -0.507 e. The van der Waals surface area contributed by atoms with Crippen LogP contribution in [0.15, 0.2) is 17.1 Å². The molecule has 1 aromatic carbocycles. The molecule has 1 saturated carbocycles. The van der Waals surface area contributed by atoms with Crippen LogP contribution in [0.4, 0.5) is 0 Å². The topological polar surface area (TPSA) is 58.2 Å². The highest BCUT2D eigenvalue weighted by Gasteiger charge is 2.25. The standard InChI is InChI=1S/C21H32N2O/c1-20(2,3)15-11-14(19(24)16(12-15)21(4,5)6)13-23-18-10-8-7-9-17(18)22/h11-13,18,22,24H,7-10H2,1-6H3/p+1/t18-/m0/s1. The Kier molecular flexibility index (Phi) is 5.22. The molecule has 0 aromatic heterocycles. The second-order valence-corrected chi connectivity index (χ2v) is 9.08. The lowest BCUT2D eigenvalue weighted by molar-refractivity contribution is -0.121. The summed E-state index contributed by atoms with van der Waals surface area (Å²) in [5.41, 5.74) is 3.85. The maximum atomic E-state index is 10.8. The van der Waals surface area contributed by atoms with Gasteiger partial charge in [0.05, 0.1) is 0 Å². The van der Waals surface area contributed by atoms with Crippen LogP contribution in [-0.4, -0.2) is 23.1 Å². The van der Waals surface area contributed by atoms with E-state index in [4.69, 9.17) is 10.4 Å². The smallest absolute Gasteiger partial charge is 0.173 e. The van der Waals surface area contributed by atoms with Crippen LogP contribution in [0.5, 0.6) is 5.75 Å². The Morgan fingerprint density at radius 3 is 2.29 bits per heavy atom. The zero-order chi connectivity index (χ0) is 18.1. The summed E-state index contributed by atoms with van der Waals surface area (Å²) in [5, 5.41) is 16.9. The predicted molar refractivity (Wildman–Crippen MR) is 102 cm³/mol. The van der Waals surface area contributed by atoms with Crippen molar-refractivity contribution >= 4 is 11.9 Å². The normalized spacial score (nSPS) is 19.9. The van der Waals surface area contributed by atoms with Crippen LogP contribution in [0.1, 0.15) is 83.9 Å². The van der Waals surface area contributed by atoms with E-state index in [9.17, 15) is 5.11 Å². The molecule has 3 heteroatoms. The second kappa shape index (κ2) is 6.70. The first kappa shape index (κ1) is 18.7. The molecule has 0 bridgehead atoms. The minimum atomic E-state index is -0.121. The summed E-state index contributed by atoms with van der Waals surface area (Å²) in [6, 6.07) is 4.29. The van der Waals surface area contributed by atoms with Gasteiger partial charge in [-0.15, -0.1) is 0 Å².